The lowest BCUT2D eigenvalue weighted by Crippen LogP contribution is -2.13. The van der Waals surface area contributed by atoms with Gasteiger partial charge < -0.3 is 10.1 Å². The number of aromatic nitrogens is 5. The maximum atomic E-state index is 13.1. The Labute approximate surface area is 184 Å². The normalized spacial score (nSPS) is 11.3. The van der Waals surface area contributed by atoms with Crippen LogP contribution in [-0.4, -0.2) is 37.4 Å². The van der Waals surface area contributed by atoms with Gasteiger partial charge in [-0.05, 0) is 36.6 Å². The van der Waals surface area contributed by atoms with Gasteiger partial charge in [0.05, 0.1) is 30.9 Å². The Balaban J connectivity index is 1.76. The summed E-state index contributed by atoms with van der Waals surface area (Å²) < 4.78 is 8.99. The van der Waals surface area contributed by atoms with Gasteiger partial charge in [0, 0.05) is 29.5 Å². The average Bonchev–Trinajstić information content (AvgIpc) is 3.36. The highest BCUT2D eigenvalue weighted by atomic mass is 35.5. The van der Waals surface area contributed by atoms with Crippen molar-refractivity contribution in [2.24, 2.45) is 5.92 Å². The number of ether oxygens (including phenoxy) is 1. The number of nitrogens with zero attached hydrogens (tertiary/aromatic N) is 5. The first-order valence-corrected chi connectivity index (χ1v) is 10.3. The van der Waals surface area contributed by atoms with E-state index in [2.05, 4.69) is 34.3 Å². The van der Waals surface area contributed by atoms with Crippen LogP contribution in [0.3, 0.4) is 0 Å². The molecule has 3 heterocycles. The van der Waals surface area contributed by atoms with E-state index in [4.69, 9.17) is 16.3 Å². The quantitative estimate of drug-likeness (QED) is 0.457. The lowest BCUT2D eigenvalue weighted by atomic mass is 10.1. The van der Waals surface area contributed by atoms with Crippen molar-refractivity contribution in [1.29, 1.82) is 0 Å². The molecule has 0 radical (unpaired) electrons. The minimum atomic E-state index is -0.320. The minimum absolute atomic E-state index is 0.320. The van der Waals surface area contributed by atoms with Gasteiger partial charge in [0.1, 0.15) is 11.3 Å². The summed E-state index contributed by atoms with van der Waals surface area (Å²) in [4.78, 5) is 17.3. The van der Waals surface area contributed by atoms with E-state index < -0.39 is 0 Å². The first-order chi connectivity index (χ1) is 15.0. The van der Waals surface area contributed by atoms with Gasteiger partial charge in [-0.1, -0.05) is 25.4 Å². The molecule has 0 aliphatic rings. The SMILES string of the molecule is COc1ccc(Cl)cc1-c1c(NC(=O)c2cnn3cccnc23)cnn1CCC(C)C. The molecule has 0 fully saturated rings. The molecule has 0 aliphatic carbocycles. The van der Waals surface area contributed by atoms with Crippen LogP contribution in [0.5, 0.6) is 5.75 Å². The average molecular weight is 439 g/mol. The molecule has 0 atom stereocenters. The van der Waals surface area contributed by atoms with Gasteiger partial charge >= 0.3 is 0 Å². The molecule has 4 aromatic rings. The van der Waals surface area contributed by atoms with E-state index >= 15 is 0 Å². The van der Waals surface area contributed by atoms with E-state index in [1.165, 1.54) is 6.20 Å². The molecule has 0 spiro atoms. The van der Waals surface area contributed by atoms with Crippen LogP contribution in [0.25, 0.3) is 16.9 Å². The summed E-state index contributed by atoms with van der Waals surface area (Å²) in [6, 6.07) is 7.14. The second-order valence-electron chi connectivity index (χ2n) is 7.56. The van der Waals surface area contributed by atoms with Crippen LogP contribution < -0.4 is 10.1 Å². The second kappa shape index (κ2) is 8.77. The zero-order valence-electron chi connectivity index (χ0n) is 17.5. The van der Waals surface area contributed by atoms with Crippen LogP contribution in [0.4, 0.5) is 5.69 Å². The third kappa shape index (κ3) is 4.25. The van der Waals surface area contributed by atoms with Crippen molar-refractivity contribution in [3.63, 3.8) is 0 Å². The molecule has 0 aliphatic heterocycles. The number of amides is 1. The highest BCUT2D eigenvalue weighted by Gasteiger charge is 2.21. The molecule has 0 bridgehead atoms. The topological polar surface area (TPSA) is 86.3 Å². The Morgan fingerprint density at radius 1 is 1.26 bits per heavy atom. The highest BCUT2D eigenvalue weighted by Crippen LogP contribution is 2.37. The zero-order chi connectivity index (χ0) is 22.0. The van der Waals surface area contributed by atoms with Crippen LogP contribution in [0.2, 0.25) is 5.02 Å². The van der Waals surface area contributed by atoms with Crippen molar-refractivity contribution in [1.82, 2.24) is 24.4 Å². The fraction of sp³-hybridized carbons (Fsp3) is 0.273. The first-order valence-electron chi connectivity index (χ1n) is 9.97. The number of aryl methyl sites for hydroxylation is 1. The van der Waals surface area contributed by atoms with Crippen molar-refractivity contribution in [3.8, 4) is 17.0 Å². The van der Waals surface area contributed by atoms with Crippen LogP contribution in [0.1, 0.15) is 30.6 Å². The molecule has 1 aromatic carbocycles. The van der Waals surface area contributed by atoms with Crippen LogP contribution in [0, 0.1) is 5.92 Å². The molecule has 0 saturated carbocycles. The standard InChI is InChI=1S/C22H23ClN6O2/c1-14(2)7-10-28-20(16-11-15(23)5-6-19(16)31-3)18(13-26-28)27-22(30)17-12-25-29-9-4-8-24-21(17)29/h4-6,8-9,11-14H,7,10H2,1-3H3,(H,27,30). The van der Waals surface area contributed by atoms with E-state index in [9.17, 15) is 4.79 Å². The fourth-order valence-corrected chi connectivity index (χ4v) is 3.53. The van der Waals surface area contributed by atoms with E-state index in [-0.39, 0.29) is 5.91 Å². The molecule has 160 valence electrons. The molecular formula is C22H23ClN6O2. The third-order valence-electron chi connectivity index (χ3n) is 4.95. The number of hydrogen-bond acceptors (Lipinski definition) is 5. The smallest absolute Gasteiger partial charge is 0.261 e. The highest BCUT2D eigenvalue weighted by molar-refractivity contribution is 6.31. The van der Waals surface area contributed by atoms with E-state index in [0.29, 0.717) is 40.1 Å². The van der Waals surface area contributed by atoms with E-state index in [0.717, 1.165) is 17.7 Å². The molecule has 8 nitrogen and oxygen atoms in total. The number of rotatable bonds is 7. The summed E-state index contributed by atoms with van der Waals surface area (Å²) in [7, 11) is 1.60. The number of hydrogen-bond donors (Lipinski definition) is 1. The van der Waals surface area contributed by atoms with Crippen molar-refractivity contribution in [3.05, 3.63) is 59.6 Å². The number of fused-ring (bicyclic) bond motifs is 1. The Kier molecular flexibility index (Phi) is 5.90. The maximum absolute atomic E-state index is 13.1. The van der Waals surface area contributed by atoms with Crippen molar-refractivity contribution in [2.75, 3.05) is 12.4 Å². The van der Waals surface area contributed by atoms with Gasteiger partial charge in [-0.15, -0.1) is 0 Å². The fourth-order valence-electron chi connectivity index (χ4n) is 3.35. The predicted molar refractivity (Wildman–Crippen MR) is 120 cm³/mol. The number of benzene rings is 1. The van der Waals surface area contributed by atoms with Crippen molar-refractivity contribution in [2.45, 2.75) is 26.8 Å². The summed E-state index contributed by atoms with van der Waals surface area (Å²) in [5.74, 6) is 0.824. The van der Waals surface area contributed by atoms with E-state index in [1.54, 1.807) is 48.4 Å². The number of carbonyl (C=O) groups is 1. The number of anilines is 1. The van der Waals surface area contributed by atoms with Gasteiger partial charge in [-0.2, -0.15) is 10.2 Å². The van der Waals surface area contributed by atoms with Gasteiger partial charge in [-0.3, -0.25) is 9.48 Å². The van der Waals surface area contributed by atoms with Gasteiger partial charge in [0.2, 0.25) is 0 Å². The second-order valence-corrected chi connectivity index (χ2v) is 7.99. The predicted octanol–water partition coefficient (Wildman–Crippen LogP) is 4.55. The van der Waals surface area contributed by atoms with Crippen molar-refractivity contribution >= 4 is 28.8 Å². The van der Waals surface area contributed by atoms with Crippen LogP contribution >= 0.6 is 11.6 Å². The lowest BCUT2D eigenvalue weighted by molar-refractivity contribution is 0.102. The lowest BCUT2D eigenvalue weighted by Gasteiger charge is -2.15. The zero-order valence-corrected chi connectivity index (χ0v) is 18.3. The number of carbonyl (C=O) groups excluding carboxylic acids is 1. The van der Waals surface area contributed by atoms with Gasteiger partial charge in [-0.25, -0.2) is 9.50 Å². The molecule has 31 heavy (non-hydrogen) atoms. The Morgan fingerprint density at radius 2 is 2.10 bits per heavy atom. The Hall–Kier alpha value is -3.39. The van der Waals surface area contributed by atoms with Gasteiger partial charge in [0.25, 0.3) is 5.91 Å². The minimum Gasteiger partial charge on any atom is -0.496 e. The summed E-state index contributed by atoms with van der Waals surface area (Å²) in [6.07, 6.45) is 7.45. The summed E-state index contributed by atoms with van der Waals surface area (Å²) in [6.45, 7) is 5.00. The van der Waals surface area contributed by atoms with Crippen molar-refractivity contribution < 1.29 is 9.53 Å². The summed E-state index contributed by atoms with van der Waals surface area (Å²) in [5.41, 5.74) is 2.90. The maximum Gasteiger partial charge on any atom is 0.261 e. The van der Waals surface area contributed by atoms with Crippen LogP contribution in [0.15, 0.2) is 49.1 Å². The third-order valence-corrected chi connectivity index (χ3v) is 5.18. The molecule has 3 aromatic heterocycles. The molecule has 0 saturated heterocycles. The summed E-state index contributed by atoms with van der Waals surface area (Å²) >= 11 is 6.28. The molecule has 1 amide bonds. The molecular weight excluding hydrogens is 416 g/mol. The Bertz CT molecular complexity index is 1230. The Morgan fingerprint density at radius 3 is 2.87 bits per heavy atom. The van der Waals surface area contributed by atoms with Crippen LogP contribution in [-0.2, 0) is 6.54 Å². The van der Waals surface area contributed by atoms with Gasteiger partial charge in [0.15, 0.2) is 5.65 Å². The number of nitrogens with one attached hydrogen (secondary N) is 1. The molecule has 1 N–H and O–H groups in total. The molecule has 4 rings (SSSR count). The van der Waals surface area contributed by atoms with E-state index in [1.807, 2.05) is 10.7 Å². The first kappa shape index (κ1) is 20.9. The monoisotopic (exact) mass is 438 g/mol. The molecule has 9 heteroatoms. The number of methoxy groups -OCH3 is 1. The largest absolute Gasteiger partial charge is 0.496 e. The number of halogens is 1. The molecule has 0 unspecified atom stereocenters. The summed E-state index contributed by atoms with van der Waals surface area (Å²) in [5, 5.41) is 12.3.